The van der Waals surface area contributed by atoms with Crippen LogP contribution in [0.3, 0.4) is 0 Å². The summed E-state index contributed by atoms with van der Waals surface area (Å²) >= 11 is 1.69. The molecule has 3 nitrogen and oxygen atoms in total. The smallest absolute Gasteiger partial charge is 0.194 e. The van der Waals surface area contributed by atoms with Gasteiger partial charge in [0.15, 0.2) is 4.96 Å². The third-order valence-corrected chi connectivity index (χ3v) is 5.37. The Morgan fingerprint density at radius 3 is 2.44 bits per heavy atom. The molecule has 2 N–H and O–H groups in total. The molecule has 0 aliphatic rings. The number of nitrogens with zero attached hydrogens (tertiary/aromatic N) is 2. The van der Waals surface area contributed by atoms with E-state index in [1.54, 1.807) is 11.3 Å². The van der Waals surface area contributed by atoms with Crippen molar-refractivity contribution in [2.75, 3.05) is 6.54 Å². The van der Waals surface area contributed by atoms with Crippen molar-refractivity contribution < 1.29 is 0 Å². The summed E-state index contributed by atoms with van der Waals surface area (Å²) in [6, 6.07) is 19.2. The average molecular weight is 347 g/mol. The molecule has 0 amide bonds. The minimum absolute atomic E-state index is 0.609. The van der Waals surface area contributed by atoms with Gasteiger partial charge in [-0.2, -0.15) is 0 Å². The van der Waals surface area contributed by atoms with Crippen molar-refractivity contribution in [1.29, 1.82) is 0 Å². The highest BCUT2D eigenvalue weighted by molar-refractivity contribution is 7.15. The van der Waals surface area contributed by atoms with Crippen LogP contribution in [0.4, 0.5) is 0 Å². The molecule has 0 fully saturated rings. The van der Waals surface area contributed by atoms with E-state index in [1.165, 1.54) is 22.5 Å². The number of hydrogen-bond donors (Lipinski definition) is 1. The molecule has 4 rings (SSSR count). The number of benzene rings is 2. The number of hydrogen-bond acceptors (Lipinski definition) is 3. The monoisotopic (exact) mass is 347 g/mol. The maximum Gasteiger partial charge on any atom is 0.194 e. The first-order valence-electron chi connectivity index (χ1n) is 8.65. The predicted octanol–water partition coefficient (Wildman–Crippen LogP) is 4.79. The normalized spacial score (nSPS) is 11.3. The zero-order valence-corrected chi connectivity index (χ0v) is 15.1. The van der Waals surface area contributed by atoms with Gasteiger partial charge in [0, 0.05) is 17.4 Å². The lowest BCUT2D eigenvalue weighted by Crippen LogP contribution is -2.06. The Kier molecular flexibility index (Phi) is 4.38. The molecule has 2 aromatic carbocycles. The van der Waals surface area contributed by atoms with E-state index in [0.717, 1.165) is 29.1 Å². The Morgan fingerprint density at radius 1 is 1.00 bits per heavy atom. The van der Waals surface area contributed by atoms with Gasteiger partial charge in [0.25, 0.3) is 0 Å². The van der Waals surface area contributed by atoms with Gasteiger partial charge >= 0.3 is 0 Å². The summed E-state index contributed by atoms with van der Waals surface area (Å²) in [6.07, 6.45) is 1.86. The Balaban J connectivity index is 1.90. The molecule has 4 heteroatoms. The second kappa shape index (κ2) is 6.82. The summed E-state index contributed by atoms with van der Waals surface area (Å²) in [7, 11) is 0. The van der Waals surface area contributed by atoms with Crippen LogP contribution >= 0.6 is 11.3 Å². The zero-order valence-electron chi connectivity index (χ0n) is 14.3. The van der Waals surface area contributed by atoms with E-state index < -0.39 is 0 Å². The fraction of sp³-hybridized carbons (Fsp3) is 0.190. The van der Waals surface area contributed by atoms with E-state index in [-0.39, 0.29) is 0 Å². The first-order valence-corrected chi connectivity index (χ1v) is 9.53. The number of fused-ring (bicyclic) bond motifs is 1. The second-order valence-corrected chi connectivity index (χ2v) is 6.94. The number of thiazole rings is 1. The average Bonchev–Trinajstić information content (AvgIpc) is 3.23. The van der Waals surface area contributed by atoms with Crippen LogP contribution in [0, 0.1) is 0 Å². The van der Waals surface area contributed by atoms with Crippen molar-refractivity contribution >= 4 is 16.3 Å². The summed E-state index contributed by atoms with van der Waals surface area (Å²) in [5, 5.41) is 2.19. The molecule has 4 aromatic rings. The standard InChI is InChI=1S/C21H21N3S/c1-2-15-8-10-16(11-9-15)19-14-25-21-23-20(17-6-4-3-5-7-17)18(12-13-22)24(19)21/h3-11,14H,2,12-13,22H2,1H3. The predicted molar refractivity (Wildman–Crippen MR) is 106 cm³/mol. The highest BCUT2D eigenvalue weighted by Gasteiger charge is 2.18. The molecular formula is C21H21N3S. The maximum atomic E-state index is 5.92. The van der Waals surface area contributed by atoms with Gasteiger partial charge in [-0.25, -0.2) is 4.98 Å². The fourth-order valence-corrected chi connectivity index (χ4v) is 4.14. The Bertz CT molecular complexity index is 981. The lowest BCUT2D eigenvalue weighted by atomic mass is 10.1. The van der Waals surface area contributed by atoms with Gasteiger partial charge in [-0.1, -0.05) is 61.5 Å². The number of aromatic nitrogens is 2. The van der Waals surface area contributed by atoms with Crippen LogP contribution in [0.5, 0.6) is 0 Å². The summed E-state index contributed by atoms with van der Waals surface area (Å²) in [4.78, 5) is 5.93. The fourth-order valence-electron chi connectivity index (χ4n) is 3.22. The lowest BCUT2D eigenvalue weighted by molar-refractivity contribution is 0.913. The SMILES string of the molecule is CCc1ccc(-c2csc3nc(-c4ccccc4)c(CCN)n23)cc1. The first kappa shape index (κ1) is 16.1. The van der Waals surface area contributed by atoms with Crippen molar-refractivity contribution in [3.63, 3.8) is 0 Å². The zero-order chi connectivity index (χ0) is 17.2. The third-order valence-electron chi connectivity index (χ3n) is 4.55. The molecule has 0 saturated carbocycles. The van der Waals surface area contributed by atoms with Gasteiger partial charge in [0.2, 0.25) is 0 Å². The first-order chi connectivity index (χ1) is 12.3. The third kappa shape index (κ3) is 2.88. The molecule has 0 bridgehead atoms. The minimum atomic E-state index is 0.609. The van der Waals surface area contributed by atoms with Crippen LogP contribution in [0.15, 0.2) is 60.0 Å². The molecule has 25 heavy (non-hydrogen) atoms. The topological polar surface area (TPSA) is 43.3 Å². The number of imidazole rings is 1. The van der Waals surface area contributed by atoms with Crippen LogP contribution in [-0.2, 0) is 12.8 Å². The van der Waals surface area contributed by atoms with Gasteiger partial charge in [-0.15, -0.1) is 11.3 Å². The molecule has 0 spiro atoms. The Labute approximate surface area is 151 Å². The molecule has 126 valence electrons. The highest BCUT2D eigenvalue weighted by atomic mass is 32.1. The van der Waals surface area contributed by atoms with Crippen LogP contribution < -0.4 is 5.73 Å². The van der Waals surface area contributed by atoms with E-state index in [1.807, 2.05) is 6.07 Å². The van der Waals surface area contributed by atoms with Gasteiger partial charge < -0.3 is 5.73 Å². The Hall–Kier alpha value is -2.43. The van der Waals surface area contributed by atoms with E-state index in [0.29, 0.717) is 6.54 Å². The molecule has 0 saturated heterocycles. The number of aryl methyl sites for hydroxylation is 1. The van der Waals surface area contributed by atoms with Crippen LogP contribution in [-0.4, -0.2) is 15.9 Å². The van der Waals surface area contributed by atoms with Crippen molar-refractivity contribution in [3.05, 3.63) is 71.2 Å². The van der Waals surface area contributed by atoms with Crippen molar-refractivity contribution in [2.45, 2.75) is 19.8 Å². The van der Waals surface area contributed by atoms with Crippen LogP contribution in [0.2, 0.25) is 0 Å². The summed E-state index contributed by atoms with van der Waals surface area (Å²) in [5.74, 6) is 0. The van der Waals surface area contributed by atoms with E-state index in [9.17, 15) is 0 Å². The molecule has 2 aromatic heterocycles. The summed E-state index contributed by atoms with van der Waals surface area (Å²) in [6.45, 7) is 2.79. The van der Waals surface area contributed by atoms with Crippen molar-refractivity contribution in [3.8, 4) is 22.5 Å². The minimum Gasteiger partial charge on any atom is -0.330 e. The van der Waals surface area contributed by atoms with Crippen LogP contribution in [0.1, 0.15) is 18.2 Å². The van der Waals surface area contributed by atoms with E-state index in [2.05, 4.69) is 65.2 Å². The van der Waals surface area contributed by atoms with Gasteiger partial charge in [-0.3, -0.25) is 4.40 Å². The molecule has 0 unspecified atom stereocenters. The largest absolute Gasteiger partial charge is 0.330 e. The van der Waals surface area contributed by atoms with Gasteiger partial charge in [-0.05, 0) is 24.1 Å². The lowest BCUT2D eigenvalue weighted by Gasteiger charge is -2.07. The highest BCUT2D eigenvalue weighted by Crippen LogP contribution is 2.33. The molecule has 0 radical (unpaired) electrons. The van der Waals surface area contributed by atoms with Gasteiger partial charge in [0.1, 0.15) is 0 Å². The summed E-state index contributed by atoms with van der Waals surface area (Å²) in [5.41, 5.74) is 13.1. The molecule has 2 heterocycles. The van der Waals surface area contributed by atoms with E-state index in [4.69, 9.17) is 10.7 Å². The van der Waals surface area contributed by atoms with Gasteiger partial charge in [0.05, 0.1) is 17.1 Å². The second-order valence-electron chi connectivity index (χ2n) is 6.10. The Morgan fingerprint density at radius 2 is 1.76 bits per heavy atom. The molecule has 0 atom stereocenters. The molecule has 0 aliphatic heterocycles. The number of nitrogens with two attached hydrogens (primary N) is 1. The quantitative estimate of drug-likeness (QED) is 0.564. The van der Waals surface area contributed by atoms with E-state index >= 15 is 0 Å². The molecular weight excluding hydrogens is 326 g/mol. The summed E-state index contributed by atoms with van der Waals surface area (Å²) < 4.78 is 2.28. The van der Waals surface area contributed by atoms with Crippen LogP contribution in [0.25, 0.3) is 27.5 Å². The van der Waals surface area contributed by atoms with Crippen molar-refractivity contribution in [1.82, 2.24) is 9.38 Å². The molecule has 0 aliphatic carbocycles. The number of rotatable bonds is 5. The maximum absolute atomic E-state index is 5.92. The van der Waals surface area contributed by atoms with Crippen molar-refractivity contribution in [2.24, 2.45) is 5.73 Å².